The van der Waals surface area contributed by atoms with Gasteiger partial charge in [0.25, 0.3) is 11.8 Å². The highest BCUT2D eigenvalue weighted by Gasteiger charge is 2.24. The molecule has 2 amide bonds. The number of nitrogens with one attached hydrogen (secondary N) is 1. The Balaban J connectivity index is 1.70. The van der Waals surface area contributed by atoms with Gasteiger partial charge in [-0.2, -0.15) is 0 Å². The van der Waals surface area contributed by atoms with Crippen molar-refractivity contribution in [3.63, 3.8) is 0 Å². The lowest BCUT2D eigenvalue weighted by Crippen LogP contribution is -2.40. The van der Waals surface area contributed by atoms with Gasteiger partial charge in [0.1, 0.15) is 0 Å². The minimum atomic E-state index is -0.173. The van der Waals surface area contributed by atoms with Crippen molar-refractivity contribution >= 4 is 28.8 Å². The molecular weight excluding hydrogens is 324 g/mol. The Morgan fingerprint density at radius 2 is 2.17 bits per heavy atom. The molecule has 1 aromatic carbocycles. The van der Waals surface area contributed by atoms with Crippen LogP contribution in [-0.2, 0) is 0 Å². The van der Waals surface area contributed by atoms with E-state index >= 15 is 0 Å². The topological polar surface area (TPSA) is 69.6 Å². The number of anilines is 1. The first kappa shape index (κ1) is 16.7. The van der Waals surface area contributed by atoms with E-state index in [9.17, 15) is 14.7 Å². The number of aliphatic hydroxyl groups is 1. The van der Waals surface area contributed by atoms with E-state index in [0.717, 1.165) is 12.8 Å². The van der Waals surface area contributed by atoms with Crippen LogP contribution >= 0.6 is 11.3 Å². The molecular formula is C18H20N2O3S. The van der Waals surface area contributed by atoms with Gasteiger partial charge in [-0.25, -0.2) is 0 Å². The summed E-state index contributed by atoms with van der Waals surface area (Å²) in [7, 11) is 0. The number of carbonyl (C=O) groups excluding carboxylic acids is 2. The van der Waals surface area contributed by atoms with Gasteiger partial charge in [-0.15, -0.1) is 11.3 Å². The number of carbonyl (C=O) groups is 2. The van der Waals surface area contributed by atoms with Gasteiger partial charge in [-0.3, -0.25) is 9.59 Å². The number of rotatable bonds is 4. The highest BCUT2D eigenvalue weighted by molar-refractivity contribution is 7.12. The summed E-state index contributed by atoms with van der Waals surface area (Å²) in [5, 5.41) is 14.0. The number of piperidine rings is 1. The van der Waals surface area contributed by atoms with Crippen LogP contribution in [0.4, 0.5) is 5.69 Å². The maximum atomic E-state index is 12.7. The molecule has 1 unspecified atom stereocenters. The summed E-state index contributed by atoms with van der Waals surface area (Å²) in [4.78, 5) is 27.2. The molecule has 0 radical (unpaired) electrons. The molecule has 0 bridgehead atoms. The average Bonchev–Trinajstić information content (AvgIpc) is 3.16. The summed E-state index contributed by atoms with van der Waals surface area (Å²) in [6.45, 7) is 1.41. The predicted octanol–water partition coefficient (Wildman–Crippen LogP) is 2.84. The molecule has 0 aliphatic carbocycles. The largest absolute Gasteiger partial charge is 0.396 e. The third-order valence-corrected chi connectivity index (χ3v) is 5.05. The summed E-state index contributed by atoms with van der Waals surface area (Å²) < 4.78 is 0. The Labute approximate surface area is 144 Å². The van der Waals surface area contributed by atoms with E-state index in [4.69, 9.17) is 0 Å². The van der Waals surface area contributed by atoms with Crippen LogP contribution in [0.5, 0.6) is 0 Å². The number of hydrogen-bond acceptors (Lipinski definition) is 4. The van der Waals surface area contributed by atoms with Crippen molar-refractivity contribution in [3.05, 3.63) is 52.2 Å². The molecule has 2 heterocycles. The Kier molecular flexibility index (Phi) is 5.27. The van der Waals surface area contributed by atoms with E-state index in [1.54, 1.807) is 35.2 Å². The zero-order valence-electron chi connectivity index (χ0n) is 13.3. The van der Waals surface area contributed by atoms with E-state index in [1.807, 2.05) is 11.4 Å². The lowest BCUT2D eigenvalue weighted by Gasteiger charge is -2.32. The second-order valence-electron chi connectivity index (χ2n) is 5.95. The van der Waals surface area contributed by atoms with Crippen molar-refractivity contribution in [2.75, 3.05) is 25.0 Å². The first-order valence-corrected chi connectivity index (χ1v) is 8.90. The van der Waals surface area contributed by atoms with Gasteiger partial charge in [0, 0.05) is 30.9 Å². The summed E-state index contributed by atoms with van der Waals surface area (Å²) >= 11 is 1.38. The number of likely N-dealkylation sites (tertiary alicyclic amines) is 1. The second kappa shape index (κ2) is 7.59. The van der Waals surface area contributed by atoms with Crippen LogP contribution in [0.1, 0.15) is 32.9 Å². The molecule has 0 spiro atoms. The van der Waals surface area contributed by atoms with Gasteiger partial charge >= 0.3 is 0 Å². The first-order chi connectivity index (χ1) is 11.7. The fourth-order valence-electron chi connectivity index (χ4n) is 2.91. The molecule has 1 fully saturated rings. The summed E-state index contributed by atoms with van der Waals surface area (Å²) in [6.07, 6.45) is 1.86. The molecule has 1 saturated heterocycles. The first-order valence-electron chi connectivity index (χ1n) is 8.02. The average molecular weight is 344 g/mol. The third-order valence-electron chi connectivity index (χ3n) is 4.18. The summed E-state index contributed by atoms with van der Waals surface area (Å²) in [5.41, 5.74) is 1.16. The molecule has 3 rings (SSSR count). The molecule has 1 aromatic heterocycles. The van der Waals surface area contributed by atoms with E-state index in [1.165, 1.54) is 11.3 Å². The molecule has 1 atom stereocenters. The van der Waals surface area contributed by atoms with Crippen LogP contribution < -0.4 is 5.32 Å². The Hall–Kier alpha value is -2.18. The van der Waals surface area contributed by atoms with Crippen molar-refractivity contribution < 1.29 is 14.7 Å². The fourth-order valence-corrected chi connectivity index (χ4v) is 3.53. The SMILES string of the molecule is O=C(Nc1cccc(C(=O)N2CCCC(CO)C2)c1)c1cccs1. The normalized spacial score (nSPS) is 17.5. The number of benzene rings is 1. The quantitative estimate of drug-likeness (QED) is 0.896. The van der Waals surface area contributed by atoms with Gasteiger partial charge in [-0.05, 0) is 48.4 Å². The van der Waals surface area contributed by atoms with E-state index < -0.39 is 0 Å². The lowest BCUT2D eigenvalue weighted by molar-refractivity contribution is 0.0620. The van der Waals surface area contributed by atoms with E-state index in [2.05, 4.69) is 5.32 Å². The molecule has 126 valence electrons. The van der Waals surface area contributed by atoms with Gasteiger partial charge in [0.15, 0.2) is 0 Å². The number of amides is 2. The van der Waals surface area contributed by atoms with Gasteiger partial charge in [-0.1, -0.05) is 12.1 Å². The molecule has 2 aromatic rings. The van der Waals surface area contributed by atoms with Crippen LogP contribution in [0, 0.1) is 5.92 Å². The smallest absolute Gasteiger partial charge is 0.265 e. The van der Waals surface area contributed by atoms with Crippen molar-refractivity contribution in [1.29, 1.82) is 0 Å². The Morgan fingerprint density at radius 3 is 2.92 bits per heavy atom. The minimum Gasteiger partial charge on any atom is -0.396 e. The Bertz CT molecular complexity index is 715. The van der Waals surface area contributed by atoms with E-state index in [-0.39, 0.29) is 24.3 Å². The number of thiophene rings is 1. The standard InChI is InChI=1S/C18H20N2O3S/c21-12-13-4-2-8-20(11-13)18(23)14-5-1-6-15(10-14)19-17(22)16-7-3-9-24-16/h1,3,5-7,9-10,13,21H,2,4,8,11-12H2,(H,19,22). The molecule has 1 aliphatic heterocycles. The molecule has 2 N–H and O–H groups in total. The predicted molar refractivity (Wildman–Crippen MR) is 94.4 cm³/mol. The molecule has 0 saturated carbocycles. The molecule has 5 nitrogen and oxygen atoms in total. The van der Waals surface area contributed by atoms with Crippen LogP contribution in [-0.4, -0.2) is 41.5 Å². The monoisotopic (exact) mass is 344 g/mol. The maximum Gasteiger partial charge on any atom is 0.265 e. The highest BCUT2D eigenvalue weighted by Crippen LogP contribution is 2.20. The summed E-state index contributed by atoms with van der Waals surface area (Å²) in [6, 6.07) is 10.6. The second-order valence-corrected chi connectivity index (χ2v) is 6.90. The number of nitrogens with zero attached hydrogens (tertiary/aromatic N) is 1. The van der Waals surface area contributed by atoms with Crippen molar-refractivity contribution in [2.45, 2.75) is 12.8 Å². The van der Waals surface area contributed by atoms with Gasteiger partial charge in [0.2, 0.25) is 0 Å². The lowest BCUT2D eigenvalue weighted by atomic mass is 9.98. The molecule has 24 heavy (non-hydrogen) atoms. The van der Waals surface area contributed by atoms with Crippen molar-refractivity contribution in [1.82, 2.24) is 4.90 Å². The van der Waals surface area contributed by atoms with Crippen molar-refractivity contribution in [2.24, 2.45) is 5.92 Å². The maximum absolute atomic E-state index is 12.7. The molecule has 1 aliphatic rings. The zero-order chi connectivity index (χ0) is 16.9. The van der Waals surface area contributed by atoms with Crippen molar-refractivity contribution in [3.8, 4) is 0 Å². The van der Waals surface area contributed by atoms with Crippen LogP contribution in [0.2, 0.25) is 0 Å². The van der Waals surface area contributed by atoms with E-state index in [0.29, 0.717) is 29.2 Å². The van der Waals surface area contributed by atoms with Gasteiger partial charge < -0.3 is 15.3 Å². The number of hydrogen-bond donors (Lipinski definition) is 2. The number of aliphatic hydroxyl groups excluding tert-OH is 1. The summed E-state index contributed by atoms with van der Waals surface area (Å²) in [5.74, 6) is -0.0716. The Morgan fingerprint density at radius 1 is 1.29 bits per heavy atom. The zero-order valence-corrected chi connectivity index (χ0v) is 14.1. The fraction of sp³-hybridized carbons (Fsp3) is 0.333. The van der Waals surface area contributed by atoms with Crippen LogP contribution in [0.3, 0.4) is 0 Å². The minimum absolute atomic E-state index is 0.0552. The van der Waals surface area contributed by atoms with Crippen LogP contribution in [0.25, 0.3) is 0 Å². The third kappa shape index (κ3) is 3.83. The van der Waals surface area contributed by atoms with Gasteiger partial charge in [0.05, 0.1) is 4.88 Å². The highest BCUT2D eigenvalue weighted by atomic mass is 32.1. The van der Waals surface area contributed by atoms with Crippen LogP contribution in [0.15, 0.2) is 41.8 Å². The molecule has 6 heteroatoms.